The first kappa shape index (κ1) is 20.3. The van der Waals surface area contributed by atoms with Crippen LogP contribution in [0.15, 0.2) is 41.3 Å². The van der Waals surface area contributed by atoms with Crippen molar-refractivity contribution in [2.45, 2.75) is 25.3 Å². The number of nitrogens with zero attached hydrogens (tertiary/aromatic N) is 1. The maximum Gasteiger partial charge on any atom is 0.340 e. The van der Waals surface area contributed by atoms with Crippen molar-refractivity contribution >= 4 is 35.2 Å². The highest BCUT2D eigenvalue weighted by atomic mass is 35.5. The molecule has 0 radical (unpaired) electrons. The van der Waals surface area contributed by atoms with Gasteiger partial charge in [-0.05, 0) is 49.4 Å². The molecule has 0 fully saturated rings. The van der Waals surface area contributed by atoms with Gasteiger partial charge in [0.1, 0.15) is 0 Å². The number of rotatable bonds is 6. The molecule has 26 heavy (non-hydrogen) atoms. The summed E-state index contributed by atoms with van der Waals surface area (Å²) in [6.07, 6.45) is 1.91. The van der Waals surface area contributed by atoms with Crippen LogP contribution in [0.25, 0.3) is 0 Å². The first-order valence-corrected chi connectivity index (χ1v) is 9.73. The first-order valence-electron chi connectivity index (χ1n) is 8.12. The van der Waals surface area contributed by atoms with E-state index in [1.165, 1.54) is 17.3 Å². The Labute approximate surface area is 163 Å². The number of carbonyl (C=O) groups excluding carboxylic acids is 2. The maximum absolute atomic E-state index is 12.3. The average molecular weight is 392 g/mol. The summed E-state index contributed by atoms with van der Waals surface area (Å²) in [6, 6.07) is 11.2. The summed E-state index contributed by atoms with van der Waals surface area (Å²) >= 11 is 7.56. The summed E-state index contributed by atoms with van der Waals surface area (Å²) < 4.78 is 5.15. The van der Waals surface area contributed by atoms with E-state index in [1.54, 1.807) is 24.1 Å². The Morgan fingerprint density at radius 2 is 1.88 bits per heavy atom. The second kappa shape index (κ2) is 9.10. The monoisotopic (exact) mass is 391 g/mol. The Hall–Kier alpha value is -1.98. The highest BCUT2D eigenvalue weighted by molar-refractivity contribution is 7.98. The van der Waals surface area contributed by atoms with Crippen LogP contribution < -0.4 is 0 Å². The van der Waals surface area contributed by atoms with Gasteiger partial charge in [-0.25, -0.2) is 4.79 Å². The molecule has 0 spiro atoms. The van der Waals surface area contributed by atoms with E-state index in [1.807, 2.05) is 38.3 Å². The summed E-state index contributed by atoms with van der Waals surface area (Å²) in [7, 11) is 1.69. The number of aryl methyl sites for hydroxylation is 2. The third-order valence-electron chi connectivity index (χ3n) is 4.05. The second-order valence-corrected chi connectivity index (χ2v) is 7.39. The Morgan fingerprint density at radius 3 is 2.54 bits per heavy atom. The normalized spacial score (nSPS) is 10.5. The van der Waals surface area contributed by atoms with Crippen LogP contribution in [0.3, 0.4) is 0 Å². The molecule has 0 aliphatic carbocycles. The molecule has 0 atom stereocenters. The Morgan fingerprint density at radius 1 is 1.15 bits per heavy atom. The van der Waals surface area contributed by atoms with Crippen molar-refractivity contribution in [2.75, 3.05) is 19.9 Å². The number of thioether (sulfide) groups is 1. The molecule has 2 aromatic rings. The van der Waals surface area contributed by atoms with Crippen molar-refractivity contribution in [2.24, 2.45) is 0 Å². The number of halogens is 1. The van der Waals surface area contributed by atoms with Crippen LogP contribution in [0, 0.1) is 13.8 Å². The molecule has 4 nitrogen and oxygen atoms in total. The van der Waals surface area contributed by atoms with Crippen molar-refractivity contribution in [3.63, 3.8) is 0 Å². The molecule has 138 valence electrons. The smallest absolute Gasteiger partial charge is 0.340 e. The number of benzene rings is 2. The minimum atomic E-state index is -0.598. The zero-order chi connectivity index (χ0) is 19.3. The topological polar surface area (TPSA) is 46.6 Å². The number of amides is 1. The molecule has 0 aliphatic heterocycles. The van der Waals surface area contributed by atoms with E-state index in [9.17, 15) is 9.59 Å². The molecular formula is C20H22ClNO3S. The van der Waals surface area contributed by atoms with Gasteiger partial charge in [0.25, 0.3) is 5.91 Å². The molecule has 2 aromatic carbocycles. The third-order valence-corrected chi connectivity index (χ3v) is 5.11. The minimum Gasteiger partial charge on any atom is -0.452 e. The molecule has 0 unspecified atom stereocenters. The summed E-state index contributed by atoms with van der Waals surface area (Å²) in [6.45, 7) is 4.19. The molecule has 1 amide bonds. The fraction of sp³-hybridized carbons (Fsp3) is 0.300. The van der Waals surface area contributed by atoms with Gasteiger partial charge in [0.05, 0.1) is 10.6 Å². The SMILES string of the molecule is CSc1ccc(Cl)c(C(=O)OCC(=O)N(C)Cc2ccc(C)cc2C)c1. The van der Waals surface area contributed by atoms with Gasteiger partial charge in [-0.15, -0.1) is 11.8 Å². The lowest BCUT2D eigenvalue weighted by molar-refractivity contribution is -0.133. The standard InChI is InChI=1S/C20H22ClNO3S/c1-13-5-6-15(14(2)9-13)11-22(3)19(23)12-25-20(24)17-10-16(26-4)7-8-18(17)21/h5-10H,11-12H2,1-4H3. The van der Waals surface area contributed by atoms with Crippen LogP contribution in [-0.2, 0) is 16.1 Å². The third kappa shape index (κ3) is 5.26. The van der Waals surface area contributed by atoms with Crippen LogP contribution in [0.2, 0.25) is 5.02 Å². The molecule has 0 bridgehead atoms. The van der Waals surface area contributed by atoms with E-state index in [4.69, 9.17) is 16.3 Å². The molecule has 0 N–H and O–H groups in total. The summed E-state index contributed by atoms with van der Waals surface area (Å²) in [5, 5.41) is 0.309. The maximum atomic E-state index is 12.3. The van der Waals surface area contributed by atoms with Crippen LogP contribution >= 0.6 is 23.4 Å². The minimum absolute atomic E-state index is 0.267. The predicted molar refractivity (Wildman–Crippen MR) is 106 cm³/mol. The van der Waals surface area contributed by atoms with Crippen molar-refractivity contribution in [3.05, 3.63) is 63.7 Å². The number of likely N-dealkylation sites (N-methyl/N-ethyl adjacent to an activating group) is 1. The van der Waals surface area contributed by atoms with Crippen molar-refractivity contribution in [3.8, 4) is 0 Å². The molecule has 0 saturated heterocycles. The van der Waals surface area contributed by atoms with E-state index >= 15 is 0 Å². The van der Waals surface area contributed by atoms with Gasteiger partial charge in [-0.3, -0.25) is 4.79 Å². The molecule has 0 saturated carbocycles. The zero-order valence-corrected chi connectivity index (χ0v) is 16.9. The highest BCUT2D eigenvalue weighted by Gasteiger charge is 2.17. The molecule has 0 heterocycles. The van der Waals surface area contributed by atoms with E-state index in [-0.39, 0.29) is 18.1 Å². The fourth-order valence-electron chi connectivity index (χ4n) is 2.47. The van der Waals surface area contributed by atoms with Gasteiger partial charge in [0.15, 0.2) is 6.61 Å². The lowest BCUT2D eigenvalue weighted by Gasteiger charge is -2.19. The average Bonchev–Trinajstić information content (AvgIpc) is 2.62. The van der Waals surface area contributed by atoms with Gasteiger partial charge < -0.3 is 9.64 Å². The van der Waals surface area contributed by atoms with Crippen molar-refractivity contribution in [1.82, 2.24) is 4.90 Å². The summed E-state index contributed by atoms with van der Waals surface area (Å²) in [5.41, 5.74) is 3.64. The van der Waals surface area contributed by atoms with Gasteiger partial charge in [-0.2, -0.15) is 0 Å². The van der Waals surface area contributed by atoms with Gasteiger partial charge in [-0.1, -0.05) is 35.4 Å². The van der Waals surface area contributed by atoms with E-state index < -0.39 is 5.97 Å². The lowest BCUT2D eigenvalue weighted by atomic mass is 10.1. The van der Waals surface area contributed by atoms with Gasteiger partial charge >= 0.3 is 5.97 Å². The van der Waals surface area contributed by atoms with Crippen molar-refractivity contribution < 1.29 is 14.3 Å². The van der Waals surface area contributed by atoms with Gasteiger partial charge in [0, 0.05) is 18.5 Å². The van der Waals surface area contributed by atoms with Crippen LogP contribution in [-0.4, -0.2) is 36.7 Å². The predicted octanol–water partition coefficient (Wildman–Crippen LogP) is 4.49. The molecule has 0 aliphatic rings. The van der Waals surface area contributed by atoms with Crippen LogP contribution in [0.1, 0.15) is 27.0 Å². The number of hydrogen-bond acceptors (Lipinski definition) is 4. The van der Waals surface area contributed by atoms with E-state index in [0.717, 1.165) is 16.0 Å². The van der Waals surface area contributed by atoms with Crippen LogP contribution in [0.5, 0.6) is 0 Å². The Balaban J connectivity index is 1.96. The quantitative estimate of drug-likeness (QED) is 0.537. The largest absolute Gasteiger partial charge is 0.452 e. The molecule has 6 heteroatoms. The van der Waals surface area contributed by atoms with Crippen LogP contribution in [0.4, 0.5) is 0 Å². The number of esters is 1. The summed E-state index contributed by atoms with van der Waals surface area (Å²) in [5.74, 6) is -0.866. The summed E-state index contributed by atoms with van der Waals surface area (Å²) in [4.78, 5) is 27.0. The first-order chi connectivity index (χ1) is 12.3. The number of hydrogen-bond donors (Lipinski definition) is 0. The number of ether oxygens (including phenoxy) is 1. The van der Waals surface area contributed by atoms with Crippen molar-refractivity contribution in [1.29, 1.82) is 0 Å². The van der Waals surface area contributed by atoms with E-state index in [2.05, 4.69) is 6.07 Å². The lowest BCUT2D eigenvalue weighted by Crippen LogP contribution is -2.31. The van der Waals surface area contributed by atoms with E-state index in [0.29, 0.717) is 11.6 Å². The second-order valence-electron chi connectivity index (χ2n) is 6.10. The fourth-order valence-corrected chi connectivity index (χ4v) is 3.10. The Bertz CT molecular complexity index is 823. The number of carbonyl (C=O) groups is 2. The highest BCUT2D eigenvalue weighted by Crippen LogP contribution is 2.23. The molecule has 2 rings (SSSR count). The zero-order valence-electron chi connectivity index (χ0n) is 15.3. The van der Waals surface area contributed by atoms with Gasteiger partial charge in [0.2, 0.25) is 0 Å². The molecular weight excluding hydrogens is 370 g/mol. The molecule has 0 aromatic heterocycles. The Kier molecular flexibility index (Phi) is 7.12.